The van der Waals surface area contributed by atoms with Crippen LogP contribution < -0.4 is 4.90 Å². The summed E-state index contributed by atoms with van der Waals surface area (Å²) in [6.07, 6.45) is 4.50. The van der Waals surface area contributed by atoms with Crippen molar-refractivity contribution in [2.45, 2.75) is 56.0 Å². The van der Waals surface area contributed by atoms with E-state index < -0.39 is 0 Å². The Kier molecular flexibility index (Phi) is 6.70. The summed E-state index contributed by atoms with van der Waals surface area (Å²) < 4.78 is 15.7. The maximum absolute atomic E-state index is 13.7. The molecular formula is C26H30FN5OS. The van der Waals surface area contributed by atoms with Crippen LogP contribution in [0.1, 0.15) is 50.5 Å². The molecule has 0 aliphatic carbocycles. The standard InChI is InChI=1S/C26H30FN5OS/c1-18(30-15-6-3-7-16-30)24-28-29-26(32(24)22-12-10-21(27)11-13-22)34-19(2)25(33)31-17-14-20-8-4-5-9-23(20)31/h4-5,8-13,18-19H,3,6-7,14-17H2,1-2H3/t18-,19-/m0/s1. The van der Waals surface area contributed by atoms with Crippen molar-refractivity contribution in [2.24, 2.45) is 0 Å². The number of fused-ring (bicyclic) bond motifs is 1. The Balaban J connectivity index is 1.43. The number of para-hydroxylation sites is 1. The van der Waals surface area contributed by atoms with Gasteiger partial charge in [0.2, 0.25) is 5.91 Å². The van der Waals surface area contributed by atoms with Crippen LogP contribution in [0.4, 0.5) is 10.1 Å². The lowest BCUT2D eigenvalue weighted by molar-refractivity contribution is -0.117. The molecule has 0 unspecified atom stereocenters. The molecule has 3 heterocycles. The van der Waals surface area contributed by atoms with Gasteiger partial charge in [0.05, 0.1) is 11.3 Å². The smallest absolute Gasteiger partial charge is 0.240 e. The highest BCUT2D eigenvalue weighted by molar-refractivity contribution is 8.00. The molecule has 0 saturated carbocycles. The summed E-state index contributed by atoms with van der Waals surface area (Å²) >= 11 is 1.41. The van der Waals surface area contributed by atoms with Crippen LogP contribution in [0.25, 0.3) is 5.69 Å². The van der Waals surface area contributed by atoms with Crippen molar-refractivity contribution < 1.29 is 9.18 Å². The summed E-state index contributed by atoms with van der Waals surface area (Å²) in [4.78, 5) is 17.7. The average molecular weight is 480 g/mol. The molecule has 2 atom stereocenters. The highest BCUT2D eigenvalue weighted by atomic mass is 32.2. The largest absolute Gasteiger partial charge is 0.311 e. The van der Waals surface area contributed by atoms with E-state index in [-0.39, 0.29) is 23.0 Å². The van der Waals surface area contributed by atoms with Crippen LogP contribution in [0, 0.1) is 5.82 Å². The number of carbonyl (C=O) groups is 1. The lowest BCUT2D eigenvalue weighted by Gasteiger charge is -2.32. The van der Waals surface area contributed by atoms with Gasteiger partial charge < -0.3 is 4.90 Å². The number of hydrogen-bond donors (Lipinski definition) is 0. The first-order valence-corrected chi connectivity index (χ1v) is 12.9. The van der Waals surface area contributed by atoms with Crippen molar-refractivity contribution in [3.05, 3.63) is 65.7 Å². The van der Waals surface area contributed by atoms with Gasteiger partial charge in [-0.3, -0.25) is 14.3 Å². The maximum Gasteiger partial charge on any atom is 0.240 e. The molecule has 1 saturated heterocycles. The molecule has 1 amide bonds. The predicted octanol–water partition coefficient (Wildman–Crippen LogP) is 5.02. The molecule has 1 fully saturated rings. The third-order valence-corrected chi connectivity index (χ3v) is 7.87. The summed E-state index contributed by atoms with van der Waals surface area (Å²) in [6, 6.07) is 14.6. The number of halogens is 1. The topological polar surface area (TPSA) is 54.3 Å². The number of aromatic nitrogens is 3. The normalized spacial score (nSPS) is 18.0. The minimum atomic E-state index is -0.340. The van der Waals surface area contributed by atoms with Crippen LogP contribution in [-0.2, 0) is 11.2 Å². The zero-order chi connectivity index (χ0) is 23.7. The number of benzene rings is 2. The fraction of sp³-hybridized carbons (Fsp3) is 0.423. The molecule has 0 spiro atoms. The molecule has 178 valence electrons. The number of carbonyl (C=O) groups excluding carboxylic acids is 1. The molecule has 3 aromatic rings. The molecule has 2 aromatic carbocycles. The van der Waals surface area contributed by atoms with Crippen LogP contribution in [0.5, 0.6) is 0 Å². The maximum atomic E-state index is 13.7. The van der Waals surface area contributed by atoms with Crippen molar-refractivity contribution in [3.63, 3.8) is 0 Å². The Hall–Kier alpha value is -2.71. The monoisotopic (exact) mass is 479 g/mol. The summed E-state index contributed by atoms with van der Waals surface area (Å²) in [5, 5.41) is 9.39. The zero-order valence-electron chi connectivity index (χ0n) is 19.7. The first kappa shape index (κ1) is 23.1. The second-order valence-corrected chi connectivity index (χ2v) is 10.4. The van der Waals surface area contributed by atoms with E-state index >= 15 is 0 Å². The number of likely N-dealkylation sites (tertiary alicyclic amines) is 1. The van der Waals surface area contributed by atoms with Gasteiger partial charge in [-0.1, -0.05) is 36.4 Å². The van der Waals surface area contributed by atoms with E-state index in [0.29, 0.717) is 11.7 Å². The number of nitrogens with zero attached hydrogens (tertiary/aromatic N) is 5. The van der Waals surface area contributed by atoms with Gasteiger partial charge in [0.25, 0.3) is 0 Å². The van der Waals surface area contributed by atoms with Crippen molar-refractivity contribution in [1.29, 1.82) is 0 Å². The number of anilines is 1. The van der Waals surface area contributed by atoms with E-state index in [9.17, 15) is 9.18 Å². The Morgan fingerprint density at radius 3 is 2.47 bits per heavy atom. The second-order valence-electron chi connectivity index (χ2n) is 9.05. The molecule has 0 radical (unpaired) electrons. The van der Waals surface area contributed by atoms with E-state index in [1.165, 1.54) is 48.7 Å². The fourth-order valence-electron chi connectivity index (χ4n) is 4.93. The minimum absolute atomic E-state index is 0.0641. The lowest BCUT2D eigenvalue weighted by atomic mass is 10.1. The number of hydrogen-bond acceptors (Lipinski definition) is 5. The summed E-state index contributed by atoms with van der Waals surface area (Å²) in [7, 11) is 0. The Labute approximate surface area is 204 Å². The molecule has 5 rings (SSSR count). The highest BCUT2D eigenvalue weighted by Gasteiger charge is 2.31. The molecule has 1 aromatic heterocycles. The molecule has 2 aliphatic rings. The number of thioether (sulfide) groups is 1. The van der Waals surface area contributed by atoms with E-state index in [4.69, 9.17) is 0 Å². The van der Waals surface area contributed by atoms with Gasteiger partial charge >= 0.3 is 0 Å². The molecule has 8 heteroatoms. The van der Waals surface area contributed by atoms with Crippen molar-refractivity contribution >= 4 is 23.4 Å². The number of rotatable bonds is 6. The molecule has 34 heavy (non-hydrogen) atoms. The van der Waals surface area contributed by atoms with Gasteiger partial charge in [-0.25, -0.2) is 4.39 Å². The predicted molar refractivity (Wildman–Crippen MR) is 133 cm³/mol. The van der Waals surface area contributed by atoms with Crippen LogP contribution in [-0.4, -0.2) is 50.5 Å². The second kappa shape index (κ2) is 9.88. The first-order valence-electron chi connectivity index (χ1n) is 12.0. The summed E-state index contributed by atoms with van der Waals surface area (Å²) in [5.74, 6) is 0.601. The Morgan fingerprint density at radius 1 is 0.971 bits per heavy atom. The summed E-state index contributed by atoms with van der Waals surface area (Å²) in [6.45, 7) is 6.84. The SMILES string of the molecule is C[C@H](Sc1nnc([C@H](C)N2CCCCC2)n1-c1ccc(F)cc1)C(=O)N1CCc2ccccc21. The molecule has 0 N–H and O–H groups in total. The van der Waals surface area contributed by atoms with E-state index in [2.05, 4.69) is 28.1 Å². The fourth-order valence-corrected chi connectivity index (χ4v) is 5.86. The first-order chi connectivity index (χ1) is 16.5. The average Bonchev–Trinajstić information content (AvgIpc) is 3.49. The third-order valence-electron chi connectivity index (χ3n) is 6.84. The Bertz CT molecular complexity index is 1160. The van der Waals surface area contributed by atoms with Crippen LogP contribution in [0.3, 0.4) is 0 Å². The van der Waals surface area contributed by atoms with Gasteiger partial charge in [-0.05, 0) is 82.1 Å². The van der Waals surface area contributed by atoms with Crippen molar-refractivity contribution in [1.82, 2.24) is 19.7 Å². The summed E-state index contributed by atoms with van der Waals surface area (Å²) in [5.41, 5.74) is 3.01. The number of piperidine rings is 1. The molecule has 0 bridgehead atoms. The van der Waals surface area contributed by atoms with Crippen LogP contribution in [0.15, 0.2) is 53.7 Å². The molecule has 6 nitrogen and oxygen atoms in total. The highest BCUT2D eigenvalue weighted by Crippen LogP contribution is 2.34. The van der Waals surface area contributed by atoms with Crippen LogP contribution in [0.2, 0.25) is 0 Å². The number of amides is 1. The van der Waals surface area contributed by atoms with Gasteiger partial charge in [0.1, 0.15) is 5.82 Å². The lowest BCUT2D eigenvalue weighted by Crippen LogP contribution is -2.35. The van der Waals surface area contributed by atoms with E-state index in [0.717, 1.165) is 36.7 Å². The van der Waals surface area contributed by atoms with Gasteiger partial charge in [0.15, 0.2) is 11.0 Å². The van der Waals surface area contributed by atoms with Crippen molar-refractivity contribution in [3.8, 4) is 5.69 Å². The van der Waals surface area contributed by atoms with Crippen molar-refractivity contribution in [2.75, 3.05) is 24.5 Å². The quantitative estimate of drug-likeness (QED) is 0.465. The van der Waals surface area contributed by atoms with Gasteiger partial charge in [-0.2, -0.15) is 0 Å². The van der Waals surface area contributed by atoms with Crippen LogP contribution >= 0.6 is 11.8 Å². The van der Waals surface area contributed by atoms with Gasteiger partial charge in [-0.15, -0.1) is 10.2 Å². The van der Waals surface area contributed by atoms with E-state index in [1.54, 1.807) is 12.1 Å². The zero-order valence-corrected chi connectivity index (χ0v) is 20.5. The molecule has 2 aliphatic heterocycles. The minimum Gasteiger partial charge on any atom is -0.311 e. The third kappa shape index (κ3) is 4.49. The van der Waals surface area contributed by atoms with E-state index in [1.807, 2.05) is 34.6 Å². The molecular weight excluding hydrogens is 449 g/mol. The van der Waals surface area contributed by atoms with Gasteiger partial charge in [0, 0.05) is 17.9 Å². The Morgan fingerprint density at radius 2 is 1.71 bits per heavy atom.